The Kier molecular flexibility index (Phi) is 5.16. The monoisotopic (exact) mass is 303 g/mol. The first-order valence-electron chi connectivity index (χ1n) is 6.05. The molecule has 1 unspecified atom stereocenters. The number of nitrogens with one attached hydrogen (secondary N) is 1. The van der Waals surface area contributed by atoms with Crippen LogP contribution >= 0.6 is 15.9 Å². The van der Waals surface area contributed by atoms with Crippen LogP contribution in [0.1, 0.15) is 38.6 Å². The zero-order valence-electron chi connectivity index (χ0n) is 11.0. The first-order valence-corrected chi connectivity index (χ1v) is 6.84. The van der Waals surface area contributed by atoms with Crippen LogP contribution in [0.3, 0.4) is 0 Å². The summed E-state index contributed by atoms with van der Waals surface area (Å²) in [6.45, 7) is 9.87. The van der Waals surface area contributed by atoms with E-state index in [9.17, 15) is 5.11 Å². The molecule has 0 aliphatic carbocycles. The molecule has 0 radical (unpaired) electrons. The minimum atomic E-state index is -0.226. The van der Waals surface area contributed by atoms with Crippen LogP contribution < -0.4 is 5.32 Å². The molecule has 4 nitrogen and oxygen atoms in total. The van der Waals surface area contributed by atoms with Crippen molar-refractivity contribution in [3.8, 4) is 0 Å². The quantitative estimate of drug-likeness (QED) is 0.847. The lowest BCUT2D eigenvalue weighted by Crippen LogP contribution is -2.44. The van der Waals surface area contributed by atoms with Crippen molar-refractivity contribution < 1.29 is 5.11 Å². The van der Waals surface area contributed by atoms with Crippen molar-refractivity contribution in [3.63, 3.8) is 0 Å². The van der Waals surface area contributed by atoms with Gasteiger partial charge in [-0.05, 0) is 43.1 Å². The van der Waals surface area contributed by atoms with Gasteiger partial charge in [0.25, 0.3) is 0 Å². The second-order valence-electron chi connectivity index (χ2n) is 4.59. The van der Waals surface area contributed by atoms with Crippen LogP contribution in [0.4, 0.5) is 0 Å². The zero-order chi connectivity index (χ0) is 13.1. The third kappa shape index (κ3) is 3.30. The summed E-state index contributed by atoms with van der Waals surface area (Å²) in [4.78, 5) is 0. The molecule has 0 saturated heterocycles. The fourth-order valence-electron chi connectivity index (χ4n) is 1.63. The van der Waals surface area contributed by atoms with Crippen LogP contribution in [0.15, 0.2) is 4.47 Å². The average molecular weight is 304 g/mol. The molecule has 2 N–H and O–H groups in total. The summed E-state index contributed by atoms with van der Waals surface area (Å²) in [7, 11) is 0. The summed E-state index contributed by atoms with van der Waals surface area (Å²) in [6.07, 6.45) is 0.889. The van der Waals surface area contributed by atoms with Gasteiger partial charge in [-0.25, -0.2) is 0 Å². The molecule has 0 bridgehead atoms. The average Bonchev–Trinajstić information content (AvgIpc) is 2.62. The van der Waals surface area contributed by atoms with Gasteiger partial charge in [-0.3, -0.25) is 4.68 Å². The van der Waals surface area contributed by atoms with E-state index in [2.05, 4.69) is 40.2 Å². The molecule has 5 heteroatoms. The minimum Gasteiger partial charge on any atom is -0.394 e. The van der Waals surface area contributed by atoms with Crippen LogP contribution in [-0.4, -0.2) is 27.0 Å². The molecule has 0 saturated carbocycles. The van der Waals surface area contributed by atoms with Gasteiger partial charge in [-0.1, -0.05) is 6.92 Å². The molecule has 17 heavy (non-hydrogen) atoms. The van der Waals surface area contributed by atoms with Crippen molar-refractivity contribution in [1.29, 1.82) is 0 Å². The van der Waals surface area contributed by atoms with Crippen LogP contribution in [0.5, 0.6) is 0 Å². The maximum atomic E-state index is 9.37. The third-order valence-corrected chi connectivity index (χ3v) is 4.30. The van der Waals surface area contributed by atoms with Crippen molar-refractivity contribution >= 4 is 15.9 Å². The molecule has 0 spiro atoms. The van der Waals surface area contributed by atoms with Crippen molar-refractivity contribution in [3.05, 3.63) is 15.9 Å². The maximum absolute atomic E-state index is 9.37. The molecule has 0 amide bonds. The van der Waals surface area contributed by atoms with E-state index in [1.165, 1.54) is 0 Å². The van der Waals surface area contributed by atoms with Gasteiger partial charge in [0, 0.05) is 18.6 Å². The van der Waals surface area contributed by atoms with Gasteiger partial charge in [0.15, 0.2) is 0 Å². The van der Waals surface area contributed by atoms with Crippen molar-refractivity contribution in [1.82, 2.24) is 15.1 Å². The number of rotatable bonds is 6. The summed E-state index contributed by atoms with van der Waals surface area (Å²) in [5, 5.41) is 17.2. The van der Waals surface area contributed by atoms with E-state index >= 15 is 0 Å². The molecule has 1 rings (SSSR count). The Morgan fingerprint density at radius 2 is 2.12 bits per heavy atom. The van der Waals surface area contributed by atoms with E-state index in [0.717, 1.165) is 28.8 Å². The standard InChI is InChI=1S/C12H22BrN3O/c1-5-12(4,8-17)14-7-10-11(13)9(3)15-16(10)6-2/h14,17H,5-8H2,1-4H3. The van der Waals surface area contributed by atoms with E-state index in [-0.39, 0.29) is 12.1 Å². The van der Waals surface area contributed by atoms with E-state index in [1.807, 2.05) is 18.5 Å². The highest BCUT2D eigenvalue weighted by Crippen LogP contribution is 2.21. The van der Waals surface area contributed by atoms with Gasteiger partial charge >= 0.3 is 0 Å². The molecule has 1 atom stereocenters. The highest BCUT2D eigenvalue weighted by atomic mass is 79.9. The Bertz CT molecular complexity index is 372. The van der Waals surface area contributed by atoms with Gasteiger partial charge in [0.2, 0.25) is 0 Å². The fraction of sp³-hybridized carbons (Fsp3) is 0.750. The number of aromatic nitrogens is 2. The number of hydrogen-bond acceptors (Lipinski definition) is 3. The van der Waals surface area contributed by atoms with E-state index in [4.69, 9.17) is 0 Å². The molecule has 0 aliphatic rings. The highest BCUT2D eigenvalue weighted by molar-refractivity contribution is 9.10. The number of nitrogens with zero attached hydrogens (tertiary/aromatic N) is 2. The summed E-state index contributed by atoms with van der Waals surface area (Å²) >= 11 is 3.57. The summed E-state index contributed by atoms with van der Waals surface area (Å²) in [5.74, 6) is 0. The predicted molar refractivity (Wildman–Crippen MR) is 73.0 cm³/mol. The lowest BCUT2D eigenvalue weighted by molar-refractivity contribution is 0.168. The van der Waals surface area contributed by atoms with E-state index in [1.54, 1.807) is 0 Å². The Labute approximate surface area is 112 Å². The van der Waals surface area contributed by atoms with Gasteiger partial charge in [-0.2, -0.15) is 5.10 Å². The van der Waals surface area contributed by atoms with Crippen LogP contribution in [0.25, 0.3) is 0 Å². The number of aliphatic hydroxyl groups is 1. The molecule has 1 aromatic rings. The van der Waals surface area contributed by atoms with E-state index < -0.39 is 0 Å². The Morgan fingerprint density at radius 1 is 1.47 bits per heavy atom. The second kappa shape index (κ2) is 5.98. The molecule has 0 aromatic carbocycles. The second-order valence-corrected chi connectivity index (χ2v) is 5.38. The molecule has 0 aliphatic heterocycles. The number of aryl methyl sites for hydroxylation is 2. The van der Waals surface area contributed by atoms with Crippen molar-refractivity contribution in [2.45, 2.75) is 52.7 Å². The van der Waals surface area contributed by atoms with Crippen molar-refractivity contribution in [2.75, 3.05) is 6.61 Å². The first kappa shape index (κ1) is 14.7. The zero-order valence-corrected chi connectivity index (χ0v) is 12.6. The van der Waals surface area contributed by atoms with Gasteiger partial charge in [0.05, 0.1) is 22.5 Å². The first-order chi connectivity index (χ1) is 7.97. The molecular weight excluding hydrogens is 282 g/mol. The summed E-state index contributed by atoms with van der Waals surface area (Å²) in [5.41, 5.74) is 1.92. The van der Waals surface area contributed by atoms with Crippen molar-refractivity contribution in [2.24, 2.45) is 0 Å². The predicted octanol–water partition coefficient (Wildman–Crippen LogP) is 2.22. The summed E-state index contributed by atoms with van der Waals surface area (Å²) < 4.78 is 3.04. The number of aliphatic hydroxyl groups excluding tert-OH is 1. The number of hydrogen-bond donors (Lipinski definition) is 2. The molecule has 1 aromatic heterocycles. The lowest BCUT2D eigenvalue weighted by atomic mass is 10.0. The Balaban J connectivity index is 2.81. The third-order valence-electron chi connectivity index (χ3n) is 3.26. The molecule has 1 heterocycles. The van der Waals surface area contributed by atoms with Crippen LogP contribution in [0, 0.1) is 6.92 Å². The van der Waals surface area contributed by atoms with Crippen LogP contribution in [-0.2, 0) is 13.1 Å². The smallest absolute Gasteiger partial charge is 0.0739 e. The maximum Gasteiger partial charge on any atom is 0.0739 e. The Morgan fingerprint density at radius 3 is 2.59 bits per heavy atom. The lowest BCUT2D eigenvalue weighted by Gasteiger charge is -2.27. The van der Waals surface area contributed by atoms with E-state index in [0.29, 0.717) is 6.54 Å². The molecule has 98 valence electrons. The molecular formula is C12H22BrN3O. The van der Waals surface area contributed by atoms with Gasteiger partial charge in [0.1, 0.15) is 0 Å². The largest absolute Gasteiger partial charge is 0.394 e. The Hall–Kier alpha value is -0.390. The van der Waals surface area contributed by atoms with Crippen LogP contribution in [0.2, 0.25) is 0 Å². The fourth-order valence-corrected chi connectivity index (χ4v) is 2.05. The molecule has 0 fully saturated rings. The summed E-state index contributed by atoms with van der Waals surface area (Å²) in [6, 6.07) is 0. The minimum absolute atomic E-state index is 0.139. The normalized spacial score (nSPS) is 14.9. The topological polar surface area (TPSA) is 50.1 Å². The number of halogens is 1. The SMILES string of the molecule is CCn1nc(C)c(Br)c1CNC(C)(CC)CO. The highest BCUT2D eigenvalue weighted by Gasteiger charge is 2.21. The van der Waals surface area contributed by atoms with Gasteiger partial charge < -0.3 is 10.4 Å². The van der Waals surface area contributed by atoms with Gasteiger partial charge in [-0.15, -0.1) is 0 Å².